The molecule has 0 aliphatic rings. The first-order valence-electron chi connectivity index (χ1n) is 5.43. The monoisotopic (exact) mass is 307 g/mol. The van der Waals surface area contributed by atoms with E-state index in [4.69, 9.17) is 15.2 Å². The van der Waals surface area contributed by atoms with Crippen LogP contribution >= 0.6 is 15.9 Å². The van der Waals surface area contributed by atoms with E-state index in [2.05, 4.69) is 15.9 Å². The van der Waals surface area contributed by atoms with Gasteiger partial charge >= 0.3 is 0 Å². The summed E-state index contributed by atoms with van der Waals surface area (Å²) in [5, 5.41) is 0. The molecule has 2 aromatic carbocycles. The van der Waals surface area contributed by atoms with E-state index < -0.39 is 0 Å². The number of nitrogens with two attached hydrogens (primary N) is 1. The Balaban J connectivity index is 2.67. The standard InChI is InChI=1S/C14H14BrNO2/c1-17-12-8-7-11(16)14(18-2)13(12)9-3-5-10(15)6-4-9/h3-8H,16H2,1-2H3. The Labute approximate surface area is 115 Å². The van der Waals surface area contributed by atoms with Gasteiger partial charge in [-0.1, -0.05) is 28.1 Å². The highest BCUT2D eigenvalue weighted by Gasteiger charge is 2.15. The molecule has 0 saturated heterocycles. The molecule has 0 spiro atoms. The topological polar surface area (TPSA) is 44.5 Å². The molecule has 0 aliphatic carbocycles. The average Bonchev–Trinajstić information content (AvgIpc) is 2.39. The maximum absolute atomic E-state index is 5.93. The molecular weight excluding hydrogens is 294 g/mol. The van der Waals surface area contributed by atoms with Gasteiger partial charge in [0.15, 0.2) is 5.75 Å². The zero-order valence-electron chi connectivity index (χ0n) is 10.2. The second-order valence-electron chi connectivity index (χ2n) is 3.77. The minimum atomic E-state index is 0.594. The van der Waals surface area contributed by atoms with E-state index >= 15 is 0 Å². The van der Waals surface area contributed by atoms with Crippen LogP contribution in [0.25, 0.3) is 11.1 Å². The number of halogens is 1. The zero-order chi connectivity index (χ0) is 13.1. The van der Waals surface area contributed by atoms with Crippen molar-refractivity contribution in [1.82, 2.24) is 0 Å². The van der Waals surface area contributed by atoms with Crippen LogP contribution in [0, 0.1) is 0 Å². The Morgan fingerprint density at radius 2 is 1.61 bits per heavy atom. The van der Waals surface area contributed by atoms with Gasteiger partial charge in [0.05, 0.1) is 25.5 Å². The van der Waals surface area contributed by atoms with E-state index in [1.807, 2.05) is 30.3 Å². The number of methoxy groups -OCH3 is 2. The molecule has 0 bridgehead atoms. The molecule has 0 radical (unpaired) electrons. The number of benzene rings is 2. The summed E-state index contributed by atoms with van der Waals surface area (Å²) in [5.74, 6) is 1.38. The van der Waals surface area contributed by atoms with Crippen LogP contribution in [0.4, 0.5) is 5.69 Å². The summed E-state index contributed by atoms with van der Waals surface area (Å²) in [5.41, 5.74) is 8.39. The molecule has 0 aromatic heterocycles. The highest BCUT2D eigenvalue weighted by Crippen LogP contribution is 2.42. The highest BCUT2D eigenvalue weighted by atomic mass is 79.9. The van der Waals surface area contributed by atoms with Crippen LogP contribution in [0.15, 0.2) is 40.9 Å². The number of anilines is 1. The molecule has 3 nitrogen and oxygen atoms in total. The highest BCUT2D eigenvalue weighted by molar-refractivity contribution is 9.10. The average molecular weight is 308 g/mol. The molecule has 0 unspecified atom stereocenters. The number of hydrogen-bond acceptors (Lipinski definition) is 3. The predicted molar refractivity (Wildman–Crippen MR) is 77.1 cm³/mol. The summed E-state index contributed by atoms with van der Waals surface area (Å²) in [6.45, 7) is 0. The minimum Gasteiger partial charge on any atom is -0.496 e. The molecule has 2 rings (SSSR count). The normalized spacial score (nSPS) is 10.2. The van der Waals surface area contributed by atoms with Crippen LogP contribution in [0.1, 0.15) is 0 Å². The molecule has 0 fully saturated rings. The third-order valence-corrected chi connectivity index (χ3v) is 3.24. The minimum absolute atomic E-state index is 0.594. The molecule has 2 N–H and O–H groups in total. The molecule has 0 heterocycles. The first-order valence-corrected chi connectivity index (χ1v) is 6.23. The van der Waals surface area contributed by atoms with Gasteiger partial charge in [0.25, 0.3) is 0 Å². The van der Waals surface area contributed by atoms with Crippen LogP contribution in [0.5, 0.6) is 11.5 Å². The van der Waals surface area contributed by atoms with Gasteiger partial charge in [-0.3, -0.25) is 0 Å². The number of nitrogen functional groups attached to an aromatic ring is 1. The Morgan fingerprint density at radius 1 is 0.944 bits per heavy atom. The van der Waals surface area contributed by atoms with Gasteiger partial charge in [0, 0.05) is 4.47 Å². The quantitative estimate of drug-likeness (QED) is 0.879. The maximum Gasteiger partial charge on any atom is 0.153 e. The lowest BCUT2D eigenvalue weighted by Gasteiger charge is -2.15. The van der Waals surface area contributed by atoms with Gasteiger partial charge in [0.2, 0.25) is 0 Å². The molecule has 0 atom stereocenters. The van der Waals surface area contributed by atoms with Crippen LogP contribution in [0.3, 0.4) is 0 Å². The molecule has 4 heteroatoms. The SMILES string of the molecule is COc1ccc(N)c(OC)c1-c1ccc(Br)cc1. The summed E-state index contributed by atoms with van der Waals surface area (Å²) in [6, 6.07) is 11.5. The Morgan fingerprint density at radius 3 is 2.17 bits per heavy atom. The van der Waals surface area contributed by atoms with Gasteiger partial charge in [-0.2, -0.15) is 0 Å². The van der Waals surface area contributed by atoms with Gasteiger partial charge in [-0.15, -0.1) is 0 Å². The van der Waals surface area contributed by atoms with Crippen LogP contribution in [0.2, 0.25) is 0 Å². The molecule has 0 aliphatic heterocycles. The van der Waals surface area contributed by atoms with E-state index in [1.165, 1.54) is 0 Å². The lowest BCUT2D eigenvalue weighted by atomic mass is 10.0. The largest absolute Gasteiger partial charge is 0.496 e. The first kappa shape index (κ1) is 12.8. The molecule has 0 amide bonds. The fourth-order valence-electron chi connectivity index (χ4n) is 1.86. The second kappa shape index (κ2) is 5.31. The summed E-state index contributed by atoms with van der Waals surface area (Å²) < 4.78 is 11.8. The van der Waals surface area contributed by atoms with Gasteiger partial charge in [0.1, 0.15) is 5.75 Å². The predicted octanol–water partition coefficient (Wildman–Crippen LogP) is 3.72. The van der Waals surface area contributed by atoms with Gasteiger partial charge in [-0.25, -0.2) is 0 Å². The third kappa shape index (κ3) is 2.29. The maximum atomic E-state index is 5.93. The fourth-order valence-corrected chi connectivity index (χ4v) is 2.12. The summed E-state index contributed by atoms with van der Waals surface area (Å²) in [6.07, 6.45) is 0. The van der Waals surface area contributed by atoms with Crippen molar-refractivity contribution in [3.05, 3.63) is 40.9 Å². The Kier molecular flexibility index (Phi) is 3.77. The molecule has 94 valence electrons. The van der Waals surface area contributed by atoms with Crippen molar-refractivity contribution < 1.29 is 9.47 Å². The van der Waals surface area contributed by atoms with Crippen LogP contribution < -0.4 is 15.2 Å². The van der Waals surface area contributed by atoms with E-state index in [0.29, 0.717) is 11.4 Å². The van der Waals surface area contributed by atoms with Crippen molar-refractivity contribution in [3.63, 3.8) is 0 Å². The first-order chi connectivity index (χ1) is 8.67. The molecule has 0 saturated carbocycles. The lowest BCUT2D eigenvalue weighted by molar-refractivity contribution is 0.399. The number of ether oxygens (including phenoxy) is 2. The fraction of sp³-hybridized carbons (Fsp3) is 0.143. The van der Waals surface area contributed by atoms with Crippen molar-refractivity contribution in [2.24, 2.45) is 0 Å². The smallest absolute Gasteiger partial charge is 0.153 e. The van der Waals surface area contributed by atoms with Gasteiger partial charge < -0.3 is 15.2 Å². The van der Waals surface area contributed by atoms with E-state index in [9.17, 15) is 0 Å². The molecule has 2 aromatic rings. The van der Waals surface area contributed by atoms with E-state index in [1.54, 1.807) is 20.3 Å². The van der Waals surface area contributed by atoms with Crippen molar-refractivity contribution in [1.29, 1.82) is 0 Å². The third-order valence-electron chi connectivity index (χ3n) is 2.71. The molecular formula is C14H14BrNO2. The lowest BCUT2D eigenvalue weighted by Crippen LogP contribution is -1.97. The molecule has 18 heavy (non-hydrogen) atoms. The van der Waals surface area contributed by atoms with Crippen molar-refractivity contribution in [2.75, 3.05) is 20.0 Å². The number of rotatable bonds is 3. The number of hydrogen-bond donors (Lipinski definition) is 1. The second-order valence-corrected chi connectivity index (χ2v) is 4.69. The van der Waals surface area contributed by atoms with Crippen molar-refractivity contribution in [2.45, 2.75) is 0 Å². The van der Waals surface area contributed by atoms with E-state index in [0.717, 1.165) is 21.3 Å². The van der Waals surface area contributed by atoms with E-state index in [-0.39, 0.29) is 0 Å². The van der Waals surface area contributed by atoms with Crippen LogP contribution in [-0.4, -0.2) is 14.2 Å². The Hall–Kier alpha value is -1.68. The summed E-state index contributed by atoms with van der Waals surface area (Å²) in [7, 11) is 3.24. The Bertz CT molecular complexity index is 552. The van der Waals surface area contributed by atoms with Crippen molar-refractivity contribution >= 4 is 21.6 Å². The summed E-state index contributed by atoms with van der Waals surface area (Å²) >= 11 is 3.42. The van der Waals surface area contributed by atoms with Gasteiger partial charge in [-0.05, 0) is 29.8 Å². The summed E-state index contributed by atoms with van der Waals surface area (Å²) in [4.78, 5) is 0. The van der Waals surface area contributed by atoms with Crippen molar-refractivity contribution in [3.8, 4) is 22.6 Å². The zero-order valence-corrected chi connectivity index (χ0v) is 11.8. The van der Waals surface area contributed by atoms with Crippen LogP contribution in [-0.2, 0) is 0 Å².